The quantitative estimate of drug-likeness (QED) is 0.836. The molecule has 0 bridgehead atoms. The summed E-state index contributed by atoms with van der Waals surface area (Å²) in [6.45, 7) is 3.70. The number of carbonyl (C=O) groups excluding carboxylic acids is 1. The van der Waals surface area contributed by atoms with Crippen LogP contribution in [-0.4, -0.2) is 26.9 Å². The minimum atomic E-state index is -4.12. The molecular formula is C12H16ClFN2O3S. The van der Waals surface area contributed by atoms with Crippen LogP contribution in [0.25, 0.3) is 0 Å². The number of amides is 1. The van der Waals surface area contributed by atoms with Crippen molar-refractivity contribution in [3.63, 3.8) is 0 Å². The maximum atomic E-state index is 13.6. The molecule has 0 aliphatic heterocycles. The fourth-order valence-electron chi connectivity index (χ4n) is 1.44. The van der Waals surface area contributed by atoms with Crippen LogP contribution >= 0.6 is 11.6 Å². The molecule has 0 saturated carbocycles. The van der Waals surface area contributed by atoms with E-state index in [0.29, 0.717) is 6.54 Å². The molecule has 1 rings (SSSR count). The Morgan fingerprint density at radius 2 is 2.10 bits per heavy atom. The van der Waals surface area contributed by atoms with E-state index in [1.54, 1.807) is 0 Å². The molecule has 8 heteroatoms. The molecule has 0 radical (unpaired) electrons. The Kier molecular flexibility index (Phi) is 5.91. The molecule has 1 amide bonds. The molecule has 5 nitrogen and oxygen atoms in total. The van der Waals surface area contributed by atoms with E-state index in [9.17, 15) is 17.6 Å². The minimum Gasteiger partial charge on any atom is -0.355 e. The zero-order valence-corrected chi connectivity index (χ0v) is 12.7. The van der Waals surface area contributed by atoms with Gasteiger partial charge in [0.1, 0.15) is 10.7 Å². The number of carbonyl (C=O) groups is 1. The number of benzene rings is 1. The number of nitrogens with one attached hydrogen (secondary N) is 2. The largest absolute Gasteiger partial charge is 0.355 e. The summed E-state index contributed by atoms with van der Waals surface area (Å²) in [4.78, 5) is 11.1. The van der Waals surface area contributed by atoms with Gasteiger partial charge in [0.15, 0.2) is 0 Å². The van der Waals surface area contributed by atoms with Gasteiger partial charge in [0.05, 0.1) is 6.04 Å². The van der Waals surface area contributed by atoms with E-state index in [2.05, 4.69) is 10.0 Å². The molecule has 0 aliphatic carbocycles. The monoisotopic (exact) mass is 322 g/mol. The van der Waals surface area contributed by atoms with Crippen LogP contribution in [-0.2, 0) is 14.8 Å². The Bertz CT molecular complexity index is 592. The van der Waals surface area contributed by atoms with Crippen molar-refractivity contribution in [1.82, 2.24) is 10.0 Å². The van der Waals surface area contributed by atoms with Crippen LogP contribution in [0.15, 0.2) is 23.1 Å². The van der Waals surface area contributed by atoms with Gasteiger partial charge in [0.2, 0.25) is 15.9 Å². The SMILES string of the molecule is CCCNC(=O)[C@@H](C)NS(=O)(=O)c1ccc(Cl)cc1F. The first-order valence-corrected chi connectivity index (χ1v) is 7.89. The normalized spacial score (nSPS) is 13.0. The minimum absolute atomic E-state index is 0.0928. The van der Waals surface area contributed by atoms with E-state index in [0.717, 1.165) is 18.6 Å². The first-order chi connectivity index (χ1) is 9.27. The van der Waals surface area contributed by atoms with Crippen molar-refractivity contribution in [3.05, 3.63) is 29.0 Å². The van der Waals surface area contributed by atoms with Gasteiger partial charge < -0.3 is 5.32 Å². The highest BCUT2D eigenvalue weighted by Gasteiger charge is 2.24. The Morgan fingerprint density at radius 3 is 2.65 bits per heavy atom. The fraction of sp³-hybridized carbons (Fsp3) is 0.417. The molecule has 0 aromatic heterocycles. The highest BCUT2D eigenvalue weighted by molar-refractivity contribution is 7.89. The second-order valence-corrected chi connectivity index (χ2v) is 6.33. The molecule has 1 aromatic rings. The molecule has 1 aromatic carbocycles. The van der Waals surface area contributed by atoms with Gasteiger partial charge >= 0.3 is 0 Å². The van der Waals surface area contributed by atoms with Gasteiger partial charge in [-0.15, -0.1) is 0 Å². The standard InChI is InChI=1S/C12H16ClFN2O3S/c1-3-6-15-12(17)8(2)16-20(18,19)11-5-4-9(13)7-10(11)14/h4-5,7-8,16H,3,6H2,1-2H3,(H,15,17)/t8-/m1/s1. The summed E-state index contributed by atoms with van der Waals surface area (Å²) in [5.41, 5.74) is 0. The lowest BCUT2D eigenvalue weighted by Crippen LogP contribution is -2.45. The maximum Gasteiger partial charge on any atom is 0.244 e. The van der Waals surface area contributed by atoms with Gasteiger partial charge in [-0.2, -0.15) is 4.72 Å². The average molecular weight is 323 g/mol. The summed E-state index contributed by atoms with van der Waals surface area (Å²) in [6, 6.07) is 2.22. The van der Waals surface area contributed by atoms with Gasteiger partial charge in [0, 0.05) is 11.6 Å². The van der Waals surface area contributed by atoms with Crippen LogP contribution in [0.3, 0.4) is 0 Å². The van der Waals surface area contributed by atoms with E-state index in [1.807, 2.05) is 6.92 Å². The first-order valence-electron chi connectivity index (χ1n) is 6.03. The van der Waals surface area contributed by atoms with Crippen molar-refractivity contribution < 1.29 is 17.6 Å². The van der Waals surface area contributed by atoms with E-state index in [4.69, 9.17) is 11.6 Å². The number of rotatable bonds is 6. The van der Waals surface area contributed by atoms with E-state index in [-0.39, 0.29) is 5.02 Å². The van der Waals surface area contributed by atoms with Gasteiger partial charge in [-0.25, -0.2) is 12.8 Å². The molecule has 112 valence electrons. The fourth-order valence-corrected chi connectivity index (χ4v) is 2.87. The van der Waals surface area contributed by atoms with Crippen molar-refractivity contribution in [3.8, 4) is 0 Å². The second-order valence-electron chi connectivity index (χ2n) is 4.21. The summed E-state index contributed by atoms with van der Waals surface area (Å²) < 4.78 is 39.7. The Balaban J connectivity index is 2.87. The Hall–Kier alpha value is -1.18. The molecule has 1 atom stereocenters. The van der Waals surface area contributed by atoms with Crippen molar-refractivity contribution in [1.29, 1.82) is 0 Å². The van der Waals surface area contributed by atoms with Crippen molar-refractivity contribution >= 4 is 27.5 Å². The van der Waals surface area contributed by atoms with Crippen molar-refractivity contribution in [2.24, 2.45) is 0 Å². The molecule has 0 fully saturated rings. The zero-order valence-electron chi connectivity index (χ0n) is 11.1. The second kappa shape index (κ2) is 7.01. The first kappa shape index (κ1) is 16.9. The molecule has 0 aliphatic rings. The highest BCUT2D eigenvalue weighted by atomic mass is 35.5. The van der Waals surface area contributed by atoms with Gasteiger partial charge in [-0.05, 0) is 31.5 Å². The summed E-state index contributed by atoms with van der Waals surface area (Å²) in [7, 11) is -4.12. The Morgan fingerprint density at radius 1 is 1.45 bits per heavy atom. The number of hydrogen-bond donors (Lipinski definition) is 2. The van der Waals surface area contributed by atoms with Crippen LogP contribution in [0.1, 0.15) is 20.3 Å². The van der Waals surface area contributed by atoms with E-state index in [1.165, 1.54) is 13.0 Å². The number of hydrogen-bond acceptors (Lipinski definition) is 3. The molecular weight excluding hydrogens is 307 g/mol. The van der Waals surface area contributed by atoms with E-state index < -0.39 is 32.7 Å². The predicted octanol–water partition coefficient (Wildman–Crippen LogP) is 1.67. The summed E-state index contributed by atoms with van der Waals surface area (Å²) in [6.07, 6.45) is 0.733. The predicted molar refractivity (Wildman–Crippen MR) is 74.5 cm³/mol. The third-order valence-electron chi connectivity index (χ3n) is 2.46. The van der Waals surface area contributed by atoms with Crippen molar-refractivity contribution in [2.45, 2.75) is 31.2 Å². The molecule has 0 unspecified atom stereocenters. The lowest BCUT2D eigenvalue weighted by Gasteiger charge is -2.14. The Labute approximate surface area is 122 Å². The maximum absolute atomic E-state index is 13.6. The van der Waals surface area contributed by atoms with Gasteiger partial charge in [-0.3, -0.25) is 4.79 Å². The zero-order chi connectivity index (χ0) is 15.3. The average Bonchev–Trinajstić information content (AvgIpc) is 2.34. The molecule has 0 heterocycles. The van der Waals surface area contributed by atoms with E-state index >= 15 is 0 Å². The van der Waals surface area contributed by atoms with Crippen molar-refractivity contribution in [2.75, 3.05) is 6.54 Å². The lowest BCUT2D eigenvalue weighted by molar-refractivity contribution is -0.122. The topological polar surface area (TPSA) is 75.3 Å². The highest BCUT2D eigenvalue weighted by Crippen LogP contribution is 2.19. The van der Waals surface area contributed by atoms with Crippen LogP contribution in [0, 0.1) is 5.82 Å². The lowest BCUT2D eigenvalue weighted by atomic mass is 10.3. The molecule has 2 N–H and O–H groups in total. The summed E-state index contributed by atoms with van der Waals surface area (Å²) >= 11 is 5.56. The molecule has 20 heavy (non-hydrogen) atoms. The van der Waals surface area contributed by atoms with Gasteiger partial charge in [0.25, 0.3) is 0 Å². The van der Waals surface area contributed by atoms with Crippen LogP contribution < -0.4 is 10.0 Å². The molecule has 0 saturated heterocycles. The summed E-state index contributed by atoms with van der Waals surface area (Å²) in [5.74, 6) is -1.43. The molecule has 0 spiro atoms. The van der Waals surface area contributed by atoms with Crippen LogP contribution in [0.2, 0.25) is 5.02 Å². The van der Waals surface area contributed by atoms with Gasteiger partial charge in [-0.1, -0.05) is 18.5 Å². The third kappa shape index (κ3) is 4.43. The van der Waals surface area contributed by atoms with Crippen LogP contribution in [0.4, 0.5) is 4.39 Å². The summed E-state index contributed by atoms with van der Waals surface area (Å²) in [5, 5.41) is 2.64. The number of sulfonamides is 1. The number of halogens is 2. The third-order valence-corrected chi connectivity index (χ3v) is 4.27. The van der Waals surface area contributed by atoms with Crippen LogP contribution in [0.5, 0.6) is 0 Å². The smallest absolute Gasteiger partial charge is 0.244 e.